The van der Waals surface area contributed by atoms with Crippen molar-refractivity contribution in [2.75, 3.05) is 7.05 Å². The molecule has 88 valence electrons. The highest BCUT2D eigenvalue weighted by atomic mass is 32.2. The summed E-state index contributed by atoms with van der Waals surface area (Å²) < 4.78 is 1.07. The number of primary amides is 1. The third kappa shape index (κ3) is 2.23. The summed E-state index contributed by atoms with van der Waals surface area (Å²) in [6.45, 7) is 0. The Bertz CT molecular complexity index is 368. The van der Waals surface area contributed by atoms with Crippen LogP contribution in [0.2, 0.25) is 0 Å². The maximum absolute atomic E-state index is 11.4. The summed E-state index contributed by atoms with van der Waals surface area (Å²) in [6.07, 6.45) is 4.43. The average Bonchev–Trinajstić information content (AvgIpc) is 2.88. The molecule has 1 fully saturated rings. The first-order valence-electron chi connectivity index (χ1n) is 5.21. The number of nitrogens with one attached hydrogen (secondary N) is 1. The van der Waals surface area contributed by atoms with Gasteiger partial charge in [0.05, 0.1) is 5.54 Å². The third-order valence-corrected chi connectivity index (χ3v) is 5.28. The van der Waals surface area contributed by atoms with Crippen LogP contribution in [0.3, 0.4) is 0 Å². The zero-order valence-electron chi connectivity index (χ0n) is 9.10. The van der Waals surface area contributed by atoms with Crippen molar-refractivity contribution < 1.29 is 4.79 Å². The normalized spacial score (nSPS) is 29.4. The highest BCUT2D eigenvalue weighted by Crippen LogP contribution is 2.40. The van der Waals surface area contributed by atoms with Gasteiger partial charge in [0.25, 0.3) is 0 Å². The maximum atomic E-state index is 11.4. The number of carbonyl (C=O) groups is 1. The van der Waals surface area contributed by atoms with Crippen LogP contribution in [0.5, 0.6) is 0 Å². The number of thiazole rings is 1. The van der Waals surface area contributed by atoms with Gasteiger partial charge < -0.3 is 11.1 Å². The first-order valence-corrected chi connectivity index (χ1v) is 6.97. The summed E-state index contributed by atoms with van der Waals surface area (Å²) in [7, 11) is 1.81. The number of rotatable bonds is 4. The Balaban J connectivity index is 1.99. The maximum Gasteiger partial charge on any atom is 0.237 e. The molecule has 2 unspecified atom stereocenters. The second kappa shape index (κ2) is 4.73. The molecule has 1 aliphatic carbocycles. The molecule has 3 N–H and O–H groups in total. The lowest BCUT2D eigenvalue weighted by atomic mass is 9.97. The molecule has 4 nitrogen and oxygen atoms in total. The predicted octanol–water partition coefficient (Wildman–Crippen LogP) is 1.23. The topological polar surface area (TPSA) is 68.0 Å². The monoisotopic (exact) mass is 257 g/mol. The highest BCUT2D eigenvalue weighted by Gasteiger charge is 2.43. The molecule has 2 rings (SSSR count). The van der Waals surface area contributed by atoms with Gasteiger partial charge in [-0.15, -0.1) is 11.3 Å². The van der Waals surface area contributed by atoms with E-state index in [1.165, 1.54) is 0 Å². The fraction of sp³-hybridized carbons (Fsp3) is 0.600. The summed E-state index contributed by atoms with van der Waals surface area (Å²) in [5, 5.41) is 5.49. The van der Waals surface area contributed by atoms with Crippen molar-refractivity contribution in [3.63, 3.8) is 0 Å². The fourth-order valence-corrected chi connectivity index (χ4v) is 4.25. The number of amides is 1. The number of hydrogen-bond acceptors (Lipinski definition) is 5. The lowest BCUT2D eigenvalue weighted by Gasteiger charge is -2.24. The van der Waals surface area contributed by atoms with Crippen molar-refractivity contribution >= 4 is 29.0 Å². The van der Waals surface area contributed by atoms with Crippen LogP contribution in [0, 0.1) is 0 Å². The number of likely N-dealkylation sites (N-methyl/N-ethyl adjacent to an activating group) is 1. The minimum Gasteiger partial charge on any atom is -0.368 e. The fourth-order valence-electron chi connectivity index (χ4n) is 2.09. The van der Waals surface area contributed by atoms with Crippen LogP contribution in [0.4, 0.5) is 0 Å². The van der Waals surface area contributed by atoms with Crippen LogP contribution < -0.4 is 11.1 Å². The van der Waals surface area contributed by atoms with Crippen molar-refractivity contribution in [3.8, 4) is 0 Å². The number of nitrogens with zero attached hydrogens (tertiary/aromatic N) is 1. The van der Waals surface area contributed by atoms with E-state index in [1.54, 1.807) is 36.3 Å². The van der Waals surface area contributed by atoms with E-state index in [4.69, 9.17) is 5.73 Å². The zero-order chi connectivity index (χ0) is 11.6. The van der Waals surface area contributed by atoms with E-state index in [1.807, 2.05) is 5.38 Å². The van der Waals surface area contributed by atoms with Crippen LogP contribution in [-0.2, 0) is 4.79 Å². The van der Waals surface area contributed by atoms with Crippen LogP contribution >= 0.6 is 23.1 Å². The van der Waals surface area contributed by atoms with E-state index in [-0.39, 0.29) is 5.91 Å². The number of nitrogens with two attached hydrogens (primary N) is 1. The minimum absolute atomic E-state index is 0.239. The molecule has 0 spiro atoms. The van der Waals surface area contributed by atoms with Crippen LogP contribution in [0.25, 0.3) is 0 Å². The first-order chi connectivity index (χ1) is 7.66. The number of aromatic nitrogens is 1. The molecule has 1 amide bonds. The van der Waals surface area contributed by atoms with Gasteiger partial charge in [-0.2, -0.15) is 0 Å². The van der Waals surface area contributed by atoms with Gasteiger partial charge >= 0.3 is 0 Å². The number of thioether (sulfide) groups is 1. The SMILES string of the molecule is CNC1(C(N)=O)CCC(Sc2nccs2)C1. The van der Waals surface area contributed by atoms with Crippen molar-refractivity contribution in [2.24, 2.45) is 5.73 Å². The van der Waals surface area contributed by atoms with Crippen LogP contribution in [0.1, 0.15) is 19.3 Å². The first kappa shape index (κ1) is 11.9. The van der Waals surface area contributed by atoms with Gasteiger partial charge in [-0.1, -0.05) is 11.8 Å². The second-order valence-corrected chi connectivity index (χ2v) is 6.42. The summed E-state index contributed by atoms with van der Waals surface area (Å²) in [6, 6.07) is 0. The Morgan fingerprint density at radius 3 is 3.12 bits per heavy atom. The molecule has 6 heteroatoms. The Morgan fingerprint density at radius 2 is 2.62 bits per heavy atom. The van der Waals surface area contributed by atoms with E-state index in [2.05, 4.69) is 10.3 Å². The van der Waals surface area contributed by atoms with E-state index < -0.39 is 5.54 Å². The zero-order valence-corrected chi connectivity index (χ0v) is 10.7. The standard InChI is InChI=1S/C10H15N3OS2/c1-12-10(8(11)14)3-2-7(6-10)16-9-13-4-5-15-9/h4-5,7,12H,2-3,6H2,1H3,(H2,11,14). The summed E-state index contributed by atoms with van der Waals surface area (Å²) >= 11 is 3.39. The lowest BCUT2D eigenvalue weighted by molar-refractivity contribution is -0.124. The van der Waals surface area contributed by atoms with Crippen molar-refractivity contribution in [1.29, 1.82) is 0 Å². The molecule has 0 aromatic carbocycles. The Labute approximate surface area is 103 Å². The Kier molecular flexibility index (Phi) is 3.51. The molecular weight excluding hydrogens is 242 g/mol. The molecule has 1 aromatic heterocycles. The molecule has 2 atom stereocenters. The minimum atomic E-state index is -0.505. The second-order valence-electron chi connectivity index (χ2n) is 3.98. The van der Waals surface area contributed by atoms with E-state index >= 15 is 0 Å². The van der Waals surface area contributed by atoms with Crippen molar-refractivity contribution in [1.82, 2.24) is 10.3 Å². The van der Waals surface area contributed by atoms with E-state index in [0.717, 1.165) is 23.6 Å². The van der Waals surface area contributed by atoms with Crippen molar-refractivity contribution in [2.45, 2.75) is 34.4 Å². The molecule has 0 bridgehead atoms. The summed E-state index contributed by atoms with van der Waals surface area (Å²) in [4.78, 5) is 15.7. The van der Waals surface area contributed by atoms with Gasteiger partial charge in [-0.3, -0.25) is 4.79 Å². The number of carbonyl (C=O) groups excluding carboxylic acids is 1. The highest BCUT2D eigenvalue weighted by molar-refractivity contribution is 8.01. The average molecular weight is 257 g/mol. The largest absolute Gasteiger partial charge is 0.368 e. The van der Waals surface area contributed by atoms with Gasteiger partial charge in [0.2, 0.25) is 5.91 Å². The van der Waals surface area contributed by atoms with Crippen LogP contribution in [-0.4, -0.2) is 28.7 Å². The molecule has 1 aromatic rings. The van der Waals surface area contributed by atoms with Crippen LogP contribution in [0.15, 0.2) is 15.9 Å². The Hall–Kier alpha value is -0.590. The molecule has 1 aliphatic rings. The lowest BCUT2D eigenvalue weighted by Crippen LogP contribution is -2.52. The molecular formula is C10H15N3OS2. The molecule has 0 saturated heterocycles. The van der Waals surface area contributed by atoms with Gasteiger partial charge in [-0.25, -0.2) is 4.98 Å². The molecule has 0 radical (unpaired) electrons. The molecule has 0 aliphatic heterocycles. The van der Waals surface area contributed by atoms with Crippen molar-refractivity contribution in [3.05, 3.63) is 11.6 Å². The molecule has 1 heterocycles. The molecule has 1 saturated carbocycles. The number of hydrogen-bond donors (Lipinski definition) is 2. The summed E-state index contributed by atoms with van der Waals surface area (Å²) in [5.74, 6) is -0.239. The summed E-state index contributed by atoms with van der Waals surface area (Å²) in [5.41, 5.74) is 4.95. The smallest absolute Gasteiger partial charge is 0.237 e. The van der Waals surface area contributed by atoms with E-state index in [9.17, 15) is 4.79 Å². The Morgan fingerprint density at radius 1 is 1.81 bits per heavy atom. The van der Waals surface area contributed by atoms with Gasteiger partial charge in [-0.05, 0) is 26.3 Å². The third-order valence-electron chi connectivity index (χ3n) is 3.10. The molecule has 16 heavy (non-hydrogen) atoms. The van der Waals surface area contributed by atoms with E-state index in [0.29, 0.717) is 5.25 Å². The van der Waals surface area contributed by atoms with Gasteiger partial charge in [0.1, 0.15) is 4.34 Å². The van der Waals surface area contributed by atoms with Gasteiger partial charge in [0, 0.05) is 16.8 Å². The predicted molar refractivity (Wildman–Crippen MR) is 66.6 cm³/mol. The van der Waals surface area contributed by atoms with Gasteiger partial charge in [0.15, 0.2) is 0 Å². The quantitative estimate of drug-likeness (QED) is 0.851.